The lowest BCUT2D eigenvalue weighted by Crippen LogP contribution is -2.45. The average Bonchev–Trinajstić information content (AvgIpc) is 2.53. The Balaban J connectivity index is 2.34. The van der Waals surface area contributed by atoms with Crippen LogP contribution < -0.4 is 9.62 Å². The van der Waals surface area contributed by atoms with Crippen molar-refractivity contribution in [2.75, 3.05) is 15.9 Å². The summed E-state index contributed by atoms with van der Waals surface area (Å²) >= 11 is 6.13. The quantitative estimate of drug-likeness (QED) is 0.831. The Labute approximate surface area is 160 Å². The summed E-state index contributed by atoms with van der Waals surface area (Å²) in [6.07, 6.45) is 1.07. The van der Waals surface area contributed by atoms with Gasteiger partial charge in [-0.3, -0.25) is 9.10 Å². The number of nitrogens with zero attached hydrogens (tertiary/aromatic N) is 1. The maximum absolute atomic E-state index is 12.7. The molecular weight excluding hydrogens is 372 g/mol. The molecule has 0 radical (unpaired) electrons. The lowest BCUT2D eigenvalue weighted by Gasteiger charge is -2.28. The zero-order valence-electron chi connectivity index (χ0n) is 15.5. The van der Waals surface area contributed by atoms with E-state index in [1.165, 1.54) is 0 Å². The van der Waals surface area contributed by atoms with E-state index in [1.807, 2.05) is 32.9 Å². The van der Waals surface area contributed by atoms with E-state index in [-0.39, 0.29) is 0 Å². The van der Waals surface area contributed by atoms with Gasteiger partial charge < -0.3 is 5.32 Å². The Hall–Kier alpha value is -2.05. The van der Waals surface area contributed by atoms with Crippen LogP contribution in [0.15, 0.2) is 36.4 Å². The van der Waals surface area contributed by atoms with E-state index >= 15 is 0 Å². The van der Waals surface area contributed by atoms with Crippen molar-refractivity contribution in [2.45, 2.75) is 33.7 Å². The molecule has 0 aromatic heterocycles. The molecule has 0 heterocycles. The van der Waals surface area contributed by atoms with Crippen LogP contribution in [0.2, 0.25) is 5.02 Å². The van der Waals surface area contributed by atoms with Gasteiger partial charge in [0.05, 0.1) is 11.9 Å². The second-order valence-corrected chi connectivity index (χ2v) is 8.72. The topological polar surface area (TPSA) is 66.5 Å². The van der Waals surface area contributed by atoms with Crippen LogP contribution in [0.3, 0.4) is 0 Å². The van der Waals surface area contributed by atoms with Gasteiger partial charge in [0.1, 0.15) is 6.04 Å². The summed E-state index contributed by atoms with van der Waals surface area (Å²) in [5.74, 6) is -0.421. The number of hydrogen-bond acceptors (Lipinski definition) is 3. The predicted octanol–water partition coefficient (Wildman–Crippen LogP) is 4.06. The maximum Gasteiger partial charge on any atom is 0.247 e. The average molecular weight is 395 g/mol. The molecular formula is C19H23ClN2O3S. The van der Waals surface area contributed by atoms with Gasteiger partial charge in [-0.25, -0.2) is 8.42 Å². The van der Waals surface area contributed by atoms with E-state index < -0.39 is 22.0 Å². The number of anilines is 2. The molecule has 1 atom stereocenters. The highest BCUT2D eigenvalue weighted by Gasteiger charge is 2.29. The molecule has 0 saturated carbocycles. The summed E-state index contributed by atoms with van der Waals surface area (Å²) < 4.78 is 25.7. The van der Waals surface area contributed by atoms with Gasteiger partial charge in [-0.05, 0) is 68.7 Å². The molecule has 0 unspecified atom stereocenters. The highest BCUT2D eigenvalue weighted by molar-refractivity contribution is 7.92. The second kappa shape index (κ2) is 7.68. The van der Waals surface area contributed by atoms with Crippen molar-refractivity contribution in [2.24, 2.45) is 0 Å². The standard InChI is InChI=1S/C19H23ClN2O3S/c1-12-6-8-16(10-14(12)3)21-19(23)15(4)22(26(5,24)25)17-9-7-13(2)18(20)11-17/h6-11,15H,1-5H3,(H,21,23)/t15-/m0/s1. The van der Waals surface area contributed by atoms with Crippen molar-refractivity contribution in [3.63, 3.8) is 0 Å². The fraction of sp³-hybridized carbons (Fsp3) is 0.316. The first kappa shape index (κ1) is 20.3. The Morgan fingerprint density at radius 1 is 1.04 bits per heavy atom. The van der Waals surface area contributed by atoms with Gasteiger partial charge in [-0.2, -0.15) is 0 Å². The van der Waals surface area contributed by atoms with E-state index in [0.717, 1.165) is 27.3 Å². The number of nitrogens with one attached hydrogen (secondary N) is 1. The Kier molecular flexibility index (Phi) is 5.98. The summed E-state index contributed by atoms with van der Waals surface area (Å²) in [5, 5.41) is 3.22. The van der Waals surface area contributed by atoms with E-state index in [2.05, 4.69) is 5.32 Å². The van der Waals surface area contributed by atoms with Gasteiger partial charge in [0.2, 0.25) is 15.9 Å². The molecule has 0 fully saturated rings. The van der Waals surface area contributed by atoms with Gasteiger partial charge in [0.15, 0.2) is 0 Å². The lowest BCUT2D eigenvalue weighted by molar-refractivity contribution is -0.116. The third-order valence-corrected chi connectivity index (χ3v) is 5.92. The summed E-state index contributed by atoms with van der Waals surface area (Å²) in [6, 6.07) is 9.53. The highest BCUT2D eigenvalue weighted by Crippen LogP contribution is 2.27. The number of sulfonamides is 1. The molecule has 0 aliphatic heterocycles. The minimum atomic E-state index is -3.69. The molecule has 2 rings (SSSR count). The number of hydrogen-bond donors (Lipinski definition) is 1. The van der Waals surface area contributed by atoms with Gasteiger partial charge in [0.25, 0.3) is 0 Å². The molecule has 7 heteroatoms. The Morgan fingerprint density at radius 2 is 1.65 bits per heavy atom. The van der Waals surface area contributed by atoms with Crippen LogP contribution in [0, 0.1) is 20.8 Å². The van der Waals surface area contributed by atoms with E-state index in [9.17, 15) is 13.2 Å². The summed E-state index contributed by atoms with van der Waals surface area (Å²) in [6.45, 7) is 7.31. The van der Waals surface area contributed by atoms with Crippen molar-refractivity contribution in [1.29, 1.82) is 0 Å². The number of amides is 1. The zero-order valence-corrected chi connectivity index (χ0v) is 17.1. The number of carbonyl (C=O) groups is 1. The molecule has 0 aliphatic rings. The fourth-order valence-electron chi connectivity index (χ4n) is 2.59. The summed E-state index contributed by atoms with van der Waals surface area (Å²) in [4.78, 5) is 12.7. The van der Waals surface area contributed by atoms with E-state index in [1.54, 1.807) is 31.2 Å². The monoisotopic (exact) mass is 394 g/mol. The Bertz CT molecular complexity index is 942. The van der Waals surface area contributed by atoms with Crippen molar-refractivity contribution < 1.29 is 13.2 Å². The van der Waals surface area contributed by atoms with Crippen LogP contribution in [0.25, 0.3) is 0 Å². The molecule has 1 N–H and O–H groups in total. The van der Waals surface area contributed by atoms with Crippen LogP contribution in [0.4, 0.5) is 11.4 Å². The van der Waals surface area contributed by atoms with Crippen LogP contribution in [0.1, 0.15) is 23.6 Å². The van der Waals surface area contributed by atoms with Crippen molar-refractivity contribution in [3.8, 4) is 0 Å². The summed E-state index contributed by atoms with van der Waals surface area (Å²) in [5.41, 5.74) is 3.96. The van der Waals surface area contributed by atoms with Gasteiger partial charge in [-0.1, -0.05) is 23.7 Å². The number of carbonyl (C=O) groups excluding carboxylic acids is 1. The molecule has 0 aliphatic carbocycles. The minimum Gasteiger partial charge on any atom is -0.324 e. The molecule has 2 aromatic rings. The van der Waals surface area contributed by atoms with Crippen LogP contribution >= 0.6 is 11.6 Å². The largest absolute Gasteiger partial charge is 0.324 e. The molecule has 0 spiro atoms. The molecule has 1 amide bonds. The first-order chi connectivity index (χ1) is 12.0. The van der Waals surface area contributed by atoms with Gasteiger partial charge >= 0.3 is 0 Å². The van der Waals surface area contributed by atoms with Crippen molar-refractivity contribution in [3.05, 3.63) is 58.1 Å². The molecule has 140 valence electrons. The van der Waals surface area contributed by atoms with Crippen LogP contribution in [0.5, 0.6) is 0 Å². The SMILES string of the molecule is Cc1ccc(NC(=O)[C@H](C)N(c2ccc(C)c(Cl)c2)S(C)(=O)=O)cc1C. The van der Waals surface area contributed by atoms with E-state index in [0.29, 0.717) is 16.4 Å². The molecule has 0 bridgehead atoms. The zero-order chi connectivity index (χ0) is 19.6. The summed E-state index contributed by atoms with van der Waals surface area (Å²) in [7, 11) is -3.69. The Morgan fingerprint density at radius 3 is 2.19 bits per heavy atom. The normalized spacial score (nSPS) is 12.5. The van der Waals surface area contributed by atoms with E-state index in [4.69, 9.17) is 11.6 Å². The number of aryl methyl sites for hydroxylation is 3. The third-order valence-electron chi connectivity index (χ3n) is 4.27. The first-order valence-electron chi connectivity index (χ1n) is 8.14. The van der Waals surface area contributed by atoms with Crippen molar-refractivity contribution >= 4 is 38.9 Å². The molecule has 5 nitrogen and oxygen atoms in total. The van der Waals surface area contributed by atoms with Crippen LogP contribution in [-0.2, 0) is 14.8 Å². The minimum absolute atomic E-state index is 0.353. The fourth-order valence-corrected chi connectivity index (χ4v) is 3.93. The second-order valence-electron chi connectivity index (χ2n) is 6.46. The van der Waals surface area contributed by atoms with Crippen LogP contribution in [-0.4, -0.2) is 26.6 Å². The number of rotatable bonds is 5. The highest BCUT2D eigenvalue weighted by atomic mass is 35.5. The molecule has 26 heavy (non-hydrogen) atoms. The van der Waals surface area contributed by atoms with Crippen molar-refractivity contribution in [1.82, 2.24) is 0 Å². The first-order valence-corrected chi connectivity index (χ1v) is 10.4. The van der Waals surface area contributed by atoms with Gasteiger partial charge in [0, 0.05) is 10.7 Å². The smallest absolute Gasteiger partial charge is 0.247 e. The lowest BCUT2D eigenvalue weighted by atomic mass is 10.1. The molecule has 2 aromatic carbocycles. The third kappa shape index (κ3) is 4.56. The predicted molar refractivity (Wildman–Crippen MR) is 108 cm³/mol. The number of benzene rings is 2. The maximum atomic E-state index is 12.7. The number of halogens is 1. The molecule has 0 saturated heterocycles. The van der Waals surface area contributed by atoms with Gasteiger partial charge in [-0.15, -0.1) is 0 Å².